The number of nitriles is 1. The lowest BCUT2D eigenvalue weighted by molar-refractivity contribution is -0.131. The van der Waals surface area contributed by atoms with Crippen LogP contribution in [-0.4, -0.2) is 12.2 Å². The van der Waals surface area contributed by atoms with E-state index in [1.54, 1.807) is 29.7 Å². The predicted octanol–water partition coefficient (Wildman–Crippen LogP) is 5.45. The topological polar surface area (TPSA) is 62.4 Å². The maximum atomic E-state index is 11.0. The lowest BCUT2D eigenvalue weighted by Gasteiger charge is -2.33. The highest BCUT2D eigenvalue weighted by Gasteiger charge is 2.32. The van der Waals surface area contributed by atoms with E-state index in [0.29, 0.717) is 11.7 Å². The molecule has 0 radical (unpaired) electrons. The monoisotopic (exact) mass is 380 g/mol. The smallest absolute Gasteiger partial charge is 0.308 e. The van der Waals surface area contributed by atoms with E-state index in [1.165, 1.54) is 17.4 Å². The van der Waals surface area contributed by atoms with Gasteiger partial charge >= 0.3 is 5.97 Å². The van der Waals surface area contributed by atoms with Gasteiger partial charge in [-0.2, -0.15) is 5.26 Å². The molecule has 0 fully saturated rings. The number of hydrogen-bond donors (Lipinski definition) is 0. The fourth-order valence-electron chi connectivity index (χ4n) is 3.44. The SMILES string of the molecule is CC(=O)Oc1ccc(C=Nc2sc3c(c2C#N)CC[C@@H](C(C)(C)C)C3)cc1. The van der Waals surface area contributed by atoms with Crippen molar-refractivity contribution in [3.8, 4) is 11.8 Å². The lowest BCUT2D eigenvalue weighted by Crippen LogP contribution is -2.26. The number of thiophene rings is 1. The van der Waals surface area contributed by atoms with Crippen molar-refractivity contribution in [3.05, 3.63) is 45.8 Å². The van der Waals surface area contributed by atoms with Crippen molar-refractivity contribution in [1.82, 2.24) is 0 Å². The Morgan fingerprint density at radius 3 is 2.63 bits per heavy atom. The molecule has 0 spiro atoms. The van der Waals surface area contributed by atoms with Crippen LogP contribution in [0.25, 0.3) is 0 Å². The highest BCUT2D eigenvalue weighted by molar-refractivity contribution is 7.16. The molecule has 1 aliphatic carbocycles. The Morgan fingerprint density at radius 2 is 2.04 bits per heavy atom. The summed E-state index contributed by atoms with van der Waals surface area (Å²) in [4.78, 5) is 16.9. The summed E-state index contributed by atoms with van der Waals surface area (Å²) in [6, 6.07) is 9.53. The molecule has 4 nitrogen and oxygen atoms in total. The van der Waals surface area contributed by atoms with Crippen molar-refractivity contribution in [2.24, 2.45) is 16.3 Å². The number of nitrogens with zero attached hydrogens (tertiary/aromatic N) is 2. The second kappa shape index (κ2) is 7.66. The van der Waals surface area contributed by atoms with Crippen LogP contribution >= 0.6 is 11.3 Å². The van der Waals surface area contributed by atoms with E-state index in [2.05, 4.69) is 31.8 Å². The third kappa shape index (κ3) is 4.45. The van der Waals surface area contributed by atoms with E-state index in [9.17, 15) is 10.1 Å². The first-order chi connectivity index (χ1) is 12.8. The Hall–Kier alpha value is -2.45. The number of benzene rings is 1. The highest BCUT2D eigenvalue weighted by Crippen LogP contribution is 2.44. The molecule has 0 saturated carbocycles. The Morgan fingerprint density at radius 1 is 1.33 bits per heavy atom. The van der Waals surface area contributed by atoms with Crippen molar-refractivity contribution < 1.29 is 9.53 Å². The molecule has 1 aliphatic rings. The van der Waals surface area contributed by atoms with Crippen LogP contribution in [0.5, 0.6) is 5.75 Å². The highest BCUT2D eigenvalue weighted by atomic mass is 32.1. The van der Waals surface area contributed by atoms with Gasteiger partial charge in [-0.1, -0.05) is 20.8 Å². The number of esters is 1. The van der Waals surface area contributed by atoms with Gasteiger partial charge in [0.1, 0.15) is 16.8 Å². The van der Waals surface area contributed by atoms with Gasteiger partial charge in [0, 0.05) is 18.0 Å². The van der Waals surface area contributed by atoms with Gasteiger partial charge in [-0.05, 0) is 66.0 Å². The number of aliphatic imine (C=N–C) groups is 1. The van der Waals surface area contributed by atoms with Gasteiger partial charge < -0.3 is 4.74 Å². The summed E-state index contributed by atoms with van der Waals surface area (Å²) >= 11 is 1.65. The van der Waals surface area contributed by atoms with E-state index in [0.717, 1.165) is 35.4 Å². The molecule has 3 rings (SSSR count). The van der Waals surface area contributed by atoms with E-state index in [1.807, 2.05) is 12.1 Å². The van der Waals surface area contributed by atoms with Gasteiger partial charge in [0.15, 0.2) is 0 Å². The zero-order valence-electron chi connectivity index (χ0n) is 16.2. The minimum Gasteiger partial charge on any atom is -0.427 e. The Balaban J connectivity index is 1.82. The minimum absolute atomic E-state index is 0.279. The molecule has 0 bridgehead atoms. The maximum Gasteiger partial charge on any atom is 0.308 e. The second-order valence-corrected chi connectivity index (χ2v) is 9.11. The van der Waals surface area contributed by atoms with Crippen LogP contribution in [0, 0.1) is 22.7 Å². The van der Waals surface area contributed by atoms with Gasteiger partial charge in [0.2, 0.25) is 0 Å². The Bertz CT molecular complexity index is 912. The molecule has 2 aromatic rings. The largest absolute Gasteiger partial charge is 0.427 e. The summed E-state index contributed by atoms with van der Waals surface area (Å²) in [6.07, 6.45) is 4.88. The fraction of sp³-hybridized carbons (Fsp3) is 0.409. The Kier molecular flexibility index (Phi) is 5.48. The average Bonchev–Trinajstić information content (AvgIpc) is 2.96. The number of carbonyl (C=O) groups excluding carboxylic acids is 1. The molecule has 5 heteroatoms. The van der Waals surface area contributed by atoms with Gasteiger partial charge in [-0.25, -0.2) is 4.99 Å². The molecule has 27 heavy (non-hydrogen) atoms. The zero-order chi connectivity index (χ0) is 19.6. The van der Waals surface area contributed by atoms with Crippen LogP contribution < -0.4 is 4.74 Å². The van der Waals surface area contributed by atoms with Gasteiger partial charge in [0.25, 0.3) is 0 Å². The van der Waals surface area contributed by atoms with Crippen LogP contribution in [0.1, 0.15) is 55.7 Å². The summed E-state index contributed by atoms with van der Waals surface area (Å²) in [5, 5.41) is 10.4. The summed E-state index contributed by atoms with van der Waals surface area (Å²) in [6.45, 7) is 8.25. The van der Waals surface area contributed by atoms with Crippen molar-refractivity contribution >= 4 is 28.5 Å². The van der Waals surface area contributed by atoms with Crippen LogP contribution in [0.15, 0.2) is 29.3 Å². The number of carbonyl (C=O) groups is 1. The summed E-state index contributed by atoms with van der Waals surface area (Å²) in [7, 11) is 0. The minimum atomic E-state index is -0.340. The van der Waals surface area contributed by atoms with E-state index in [-0.39, 0.29) is 11.4 Å². The molecular formula is C22H24N2O2S. The first-order valence-electron chi connectivity index (χ1n) is 9.15. The molecule has 0 amide bonds. The molecule has 140 valence electrons. The van der Waals surface area contributed by atoms with Gasteiger partial charge in [-0.3, -0.25) is 4.79 Å². The molecule has 0 N–H and O–H groups in total. The molecule has 0 saturated heterocycles. The quantitative estimate of drug-likeness (QED) is 0.404. The molecule has 1 aromatic carbocycles. The maximum absolute atomic E-state index is 11.0. The van der Waals surface area contributed by atoms with Crippen molar-refractivity contribution in [2.75, 3.05) is 0 Å². The molecular weight excluding hydrogens is 356 g/mol. The van der Waals surface area contributed by atoms with Crippen molar-refractivity contribution in [2.45, 2.75) is 47.0 Å². The zero-order valence-corrected chi connectivity index (χ0v) is 17.0. The van der Waals surface area contributed by atoms with E-state index >= 15 is 0 Å². The lowest BCUT2D eigenvalue weighted by atomic mass is 9.72. The van der Waals surface area contributed by atoms with Gasteiger partial charge in [-0.15, -0.1) is 11.3 Å². The van der Waals surface area contributed by atoms with Gasteiger partial charge in [0.05, 0.1) is 5.56 Å². The molecule has 1 aromatic heterocycles. The summed E-state index contributed by atoms with van der Waals surface area (Å²) < 4.78 is 5.04. The summed E-state index contributed by atoms with van der Waals surface area (Å²) in [5.74, 6) is 0.811. The predicted molar refractivity (Wildman–Crippen MR) is 109 cm³/mol. The fourth-order valence-corrected chi connectivity index (χ4v) is 4.66. The second-order valence-electron chi connectivity index (χ2n) is 8.02. The summed E-state index contributed by atoms with van der Waals surface area (Å²) in [5.41, 5.74) is 3.10. The molecule has 1 atom stereocenters. The number of fused-ring (bicyclic) bond motifs is 1. The third-order valence-electron chi connectivity index (χ3n) is 5.06. The normalized spacial score (nSPS) is 16.8. The van der Waals surface area contributed by atoms with Crippen molar-refractivity contribution in [3.63, 3.8) is 0 Å². The van der Waals surface area contributed by atoms with Crippen molar-refractivity contribution in [1.29, 1.82) is 5.26 Å². The Labute approximate surface area is 164 Å². The average molecular weight is 381 g/mol. The first kappa shape index (κ1) is 19.3. The molecule has 1 heterocycles. The van der Waals surface area contributed by atoms with Crippen LogP contribution in [0.3, 0.4) is 0 Å². The third-order valence-corrected chi connectivity index (χ3v) is 6.22. The van der Waals surface area contributed by atoms with E-state index < -0.39 is 0 Å². The number of ether oxygens (including phenoxy) is 1. The van der Waals surface area contributed by atoms with Crippen LogP contribution in [0.4, 0.5) is 5.00 Å². The molecule has 0 unspecified atom stereocenters. The van der Waals surface area contributed by atoms with Crippen LogP contribution in [-0.2, 0) is 17.6 Å². The first-order valence-corrected chi connectivity index (χ1v) is 9.96. The van der Waals surface area contributed by atoms with Crippen LogP contribution in [0.2, 0.25) is 0 Å². The van der Waals surface area contributed by atoms with E-state index in [4.69, 9.17) is 4.74 Å². The standard InChI is InChI=1S/C22H24N2O2S/c1-14(25)26-17-8-5-15(6-9-17)13-24-21-19(12-23)18-10-7-16(22(2,3)4)11-20(18)27-21/h5-6,8-9,13,16H,7,10-11H2,1-4H3/t16-/m1/s1. The number of hydrogen-bond acceptors (Lipinski definition) is 5. The number of rotatable bonds is 3. The molecule has 0 aliphatic heterocycles.